The third-order valence-electron chi connectivity index (χ3n) is 24.6. The van der Waals surface area contributed by atoms with Crippen LogP contribution >= 0.6 is 0 Å². The Labute approximate surface area is 742 Å². The van der Waals surface area contributed by atoms with Gasteiger partial charge in [-0.2, -0.15) is 40.3 Å². The quantitative estimate of drug-likeness (QED) is 0.0304. The summed E-state index contributed by atoms with van der Waals surface area (Å²) in [5, 5.41) is 39.9. The molecule has 12 aromatic heterocycles. The number of nitrogens with two attached hydrogens (primary N) is 3. The van der Waals surface area contributed by atoms with Gasteiger partial charge in [0.25, 0.3) is 23.6 Å². The molecule has 0 bridgehead atoms. The molecule has 0 unspecified atom stereocenters. The highest BCUT2D eigenvalue weighted by molar-refractivity contribution is 5.76. The van der Waals surface area contributed by atoms with E-state index < -0.39 is 5.41 Å². The van der Waals surface area contributed by atoms with Crippen molar-refractivity contribution in [3.8, 4) is 90.3 Å². The first-order chi connectivity index (χ1) is 62.3. The molecular formula is C92H100N30O7. The van der Waals surface area contributed by atoms with Gasteiger partial charge in [-0.05, 0) is 134 Å². The maximum atomic E-state index is 12.0. The first-order valence-electron chi connectivity index (χ1n) is 42.3. The molecule has 3 aliphatic carbocycles. The number of methoxy groups -OCH3 is 1. The number of nitrogen functional groups attached to an aromatic ring is 3. The molecule has 19 rings (SSSR count). The molecule has 3 saturated carbocycles. The molecule has 4 atom stereocenters. The smallest absolute Gasteiger partial charge is 0.261 e. The number of hydrogen-bond donors (Lipinski definition) is 5. The second-order valence-electron chi connectivity index (χ2n) is 33.5. The maximum Gasteiger partial charge on any atom is 0.261 e. The van der Waals surface area contributed by atoms with E-state index in [-0.39, 0.29) is 64.9 Å². The summed E-state index contributed by atoms with van der Waals surface area (Å²) in [6.07, 6.45) is 34.7. The molecule has 4 aromatic carbocycles. The number of anilines is 4. The van der Waals surface area contributed by atoms with Crippen LogP contribution in [0.15, 0.2) is 214 Å². The lowest BCUT2D eigenvalue weighted by molar-refractivity contribution is -0.129. The Morgan fingerprint density at radius 1 is 0.426 bits per heavy atom. The monoisotopic (exact) mass is 1740 g/mol. The number of carbonyl (C=O) groups is 2. The van der Waals surface area contributed by atoms with E-state index in [4.69, 9.17) is 60.0 Å². The number of likely N-dealkylation sites (N-methyl/N-ethyl adjacent to an activating group) is 2. The molecule has 37 heteroatoms. The Balaban J connectivity index is 0.000000126. The summed E-state index contributed by atoms with van der Waals surface area (Å²) in [6, 6.07) is 33.4. The van der Waals surface area contributed by atoms with E-state index in [0.29, 0.717) is 94.8 Å². The van der Waals surface area contributed by atoms with Crippen LogP contribution < -0.4 is 27.8 Å². The van der Waals surface area contributed by atoms with Crippen molar-refractivity contribution in [3.05, 3.63) is 242 Å². The minimum Gasteiger partial charge on any atom is -0.383 e. The normalized spacial score (nSPS) is 14.9. The van der Waals surface area contributed by atoms with Gasteiger partial charge in [0.05, 0.1) is 81.9 Å². The van der Waals surface area contributed by atoms with Crippen molar-refractivity contribution < 1.29 is 32.4 Å². The second-order valence-corrected chi connectivity index (χ2v) is 33.5. The number of ether oxygens (including phenoxy) is 1. The van der Waals surface area contributed by atoms with E-state index in [1.807, 2.05) is 44.0 Å². The Bertz CT molecular complexity index is 6470. The summed E-state index contributed by atoms with van der Waals surface area (Å²) in [6.45, 7) is 14.5. The summed E-state index contributed by atoms with van der Waals surface area (Å²) in [4.78, 5) is 77.1. The van der Waals surface area contributed by atoms with E-state index in [0.717, 1.165) is 111 Å². The Kier molecular flexibility index (Phi) is 25.1. The average Bonchev–Trinajstić information content (AvgIpc) is 1.40. The van der Waals surface area contributed by atoms with Gasteiger partial charge in [-0.25, -0.2) is 39.9 Å². The van der Waals surface area contributed by atoms with Gasteiger partial charge in [-0.15, -0.1) is 0 Å². The van der Waals surface area contributed by atoms with Crippen LogP contribution in [-0.2, 0) is 62.7 Å². The SMILES string of the molecule is CNC(=O)Cn1cc(-c2nc([C@@](C)(c3ccc(-c4cnc(N)nc4)cc3)C3CC3)no2)cn1.CNc1ncc(-c2ccc([C@](C)(c3noc(-c4cnn(CC(=O)N(C)C)c4)n3)C3CC3)cc2)cn1.COCCn1cc(-c2nc([C@@](C)(c3ccc(-c4cnc(N)nc4)cc3)C(C)C)no2)cn1.Cn1cc(-c2nc([C@@](C)(c3ccc(-c4cnc(N)nc4)cc3)C3CC3)no2)cn1. The van der Waals surface area contributed by atoms with E-state index in [2.05, 4.69) is 218 Å². The predicted octanol–water partition coefficient (Wildman–Crippen LogP) is 12.5. The number of carbonyl (C=O) groups excluding carboxylic acids is 2. The van der Waals surface area contributed by atoms with Gasteiger partial charge < -0.3 is 55.6 Å². The number of nitrogens with one attached hydrogen (secondary N) is 2. The molecule has 3 fully saturated rings. The third kappa shape index (κ3) is 19.0. The minimum absolute atomic E-state index is 0.0415. The topological polar surface area (TPSA) is 479 Å². The molecule has 0 aliphatic heterocycles. The van der Waals surface area contributed by atoms with E-state index in [9.17, 15) is 9.59 Å². The van der Waals surface area contributed by atoms with Crippen molar-refractivity contribution in [2.75, 3.05) is 64.4 Å². The third-order valence-corrected chi connectivity index (χ3v) is 24.6. The van der Waals surface area contributed by atoms with Crippen molar-refractivity contribution in [1.82, 2.24) is 130 Å². The van der Waals surface area contributed by atoms with Crippen molar-refractivity contribution in [1.29, 1.82) is 0 Å². The highest BCUT2D eigenvalue weighted by Crippen LogP contribution is 2.54. The number of nitrogens with zero attached hydrogens (tertiary/aromatic N) is 25. The number of rotatable bonds is 28. The molecule has 12 heterocycles. The first kappa shape index (κ1) is 87.2. The summed E-state index contributed by atoms with van der Waals surface area (Å²) >= 11 is 0. The fraction of sp³-hybridized carbons (Fsp3) is 0.326. The Hall–Kier alpha value is -15.3. The van der Waals surface area contributed by atoms with Crippen LogP contribution in [0.1, 0.15) is 126 Å². The van der Waals surface area contributed by atoms with Gasteiger partial charge in [0.1, 0.15) is 13.1 Å². The molecule has 0 radical (unpaired) electrons. The van der Waals surface area contributed by atoms with Gasteiger partial charge in [0.15, 0.2) is 23.3 Å². The zero-order valence-electron chi connectivity index (χ0n) is 73.6. The standard InChI is InChI=1S/C25H28N8O2.C23H24N8O2.C23H27N7O2.C21H21N7O/c1-25(20-9-10-20,19-7-5-16(6-8-19)17-11-27-24(26-2)28-12-17)23-30-22(35-31-23)18-13-29-33(14-18)15-21(34)32(3)4;1-23(18-7-8-18,17-5-3-14(4-6-17)15-9-26-22(24)27-10-15)21-29-20(33-30-21)16-11-28-31(12-16)13-19(32)25-2;1-15(2)23(3,19-7-5-16(6-8-19)17-11-25-22(24)26-12-17)21-28-20(32-29-21)18-13-27-30(14-18)9-10-31-4;1-21(17-7-8-17,19-26-18(29-27-19)15-11-25-28(2)12-15)16-5-3-13(4-6-16)14-9-23-20(22)24-10-14/h5-8,11-14,20H,9-10,15H2,1-4H3,(H,26,27,28);3-6,9-12,18H,7-8,13H2,1-2H3,(H,25,32)(H2,24,26,27);5-8,11-15H,9-10H2,1-4H3,(H2,24,25,26);3-6,9-12,17H,7-8H2,1-2H3,(H2,22,23,24)/t25-;2*23-;21-/m0010/s1. The lowest BCUT2D eigenvalue weighted by atomic mass is 9.72. The number of benzene rings is 4. The predicted molar refractivity (Wildman–Crippen MR) is 479 cm³/mol. The highest BCUT2D eigenvalue weighted by atomic mass is 16.5. The zero-order chi connectivity index (χ0) is 90.3. The van der Waals surface area contributed by atoms with Gasteiger partial charge in [-0.1, -0.05) is 132 Å². The van der Waals surface area contributed by atoms with Crippen molar-refractivity contribution >= 4 is 35.6 Å². The maximum absolute atomic E-state index is 12.0. The van der Waals surface area contributed by atoms with E-state index >= 15 is 0 Å². The zero-order valence-corrected chi connectivity index (χ0v) is 73.6. The molecule has 660 valence electrons. The molecule has 37 nitrogen and oxygen atoms in total. The van der Waals surface area contributed by atoms with Crippen LogP contribution in [-0.4, -0.2) is 178 Å². The van der Waals surface area contributed by atoms with Crippen molar-refractivity contribution in [3.63, 3.8) is 0 Å². The van der Waals surface area contributed by atoms with Gasteiger partial charge in [-0.3, -0.25) is 28.3 Å². The highest BCUT2D eigenvalue weighted by Gasteiger charge is 2.50. The lowest BCUT2D eigenvalue weighted by Gasteiger charge is -2.31. The van der Waals surface area contributed by atoms with Crippen molar-refractivity contribution in [2.45, 2.75) is 121 Å². The number of aromatic nitrogens is 24. The molecule has 129 heavy (non-hydrogen) atoms. The van der Waals surface area contributed by atoms with Crippen LogP contribution in [0.25, 0.3) is 90.3 Å². The van der Waals surface area contributed by atoms with Crippen molar-refractivity contribution in [2.24, 2.45) is 30.7 Å². The van der Waals surface area contributed by atoms with Crippen LogP contribution in [0, 0.1) is 23.7 Å². The second kappa shape index (κ2) is 37.1. The number of amides is 2. The molecule has 8 N–H and O–H groups in total. The van der Waals surface area contributed by atoms with Crippen LogP contribution in [0.3, 0.4) is 0 Å². The molecule has 0 saturated heterocycles. The molecule has 3 aliphatic rings. The number of aryl methyl sites for hydroxylation is 1. The fourth-order valence-electron chi connectivity index (χ4n) is 15.6. The minimum atomic E-state index is -0.441. The summed E-state index contributed by atoms with van der Waals surface area (Å²) in [5.41, 5.74) is 30.6. The largest absolute Gasteiger partial charge is 0.383 e. The summed E-state index contributed by atoms with van der Waals surface area (Å²) < 4.78 is 34.2. The van der Waals surface area contributed by atoms with Gasteiger partial charge >= 0.3 is 0 Å². The average molecular weight is 1740 g/mol. The van der Waals surface area contributed by atoms with Gasteiger partial charge in [0, 0.05) is 139 Å². The summed E-state index contributed by atoms with van der Waals surface area (Å²) in [7, 11) is 10.3. The molecular weight excluding hydrogens is 1640 g/mol. The lowest BCUT2D eigenvalue weighted by Crippen LogP contribution is -2.31. The van der Waals surface area contributed by atoms with E-state index in [1.54, 1.807) is 124 Å². The fourth-order valence-corrected chi connectivity index (χ4v) is 15.6. The molecule has 0 spiro atoms. The van der Waals surface area contributed by atoms with Crippen LogP contribution in [0.4, 0.5) is 23.8 Å². The Morgan fingerprint density at radius 3 is 1.07 bits per heavy atom. The van der Waals surface area contributed by atoms with Crippen LogP contribution in [0.2, 0.25) is 0 Å². The molecule has 2 amide bonds. The number of hydrogen-bond acceptors (Lipinski definition) is 31. The van der Waals surface area contributed by atoms with E-state index in [1.165, 1.54) is 15.1 Å². The summed E-state index contributed by atoms with van der Waals surface area (Å²) in [5.74, 6) is 7.17. The first-order valence-corrected chi connectivity index (χ1v) is 42.3. The molecule has 16 aromatic rings. The Morgan fingerprint density at radius 2 is 0.744 bits per heavy atom. The van der Waals surface area contributed by atoms with Gasteiger partial charge in [0.2, 0.25) is 35.6 Å². The van der Waals surface area contributed by atoms with Crippen LogP contribution in [0.5, 0.6) is 0 Å².